The van der Waals surface area contributed by atoms with Crippen molar-refractivity contribution in [3.05, 3.63) is 46.6 Å². The fourth-order valence-corrected chi connectivity index (χ4v) is 1.18. The van der Waals surface area contributed by atoms with E-state index in [9.17, 15) is 10.1 Å². The molecule has 13 heavy (non-hydrogen) atoms. The van der Waals surface area contributed by atoms with Gasteiger partial charge in [-0.2, -0.15) is 0 Å². The van der Waals surface area contributed by atoms with E-state index in [1.807, 2.05) is 0 Å². The summed E-state index contributed by atoms with van der Waals surface area (Å²) in [6.45, 7) is 0. The van der Waals surface area contributed by atoms with E-state index in [0.717, 1.165) is 5.39 Å². The van der Waals surface area contributed by atoms with Crippen LogP contribution in [0.5, 0.6) is 0 Å². The molecule has 1 aromatic carbocycles. The second-order valence-electron chi connectivity index (χ2n) is 2.54. The van der Waals surface area contributed by atoms with Gasteiger partial charge in [-0.15, -0.1) is 0 Å². The molecule has 2 rings (SSSR count). The Balaban J connectivity index is 2.83. The number of nitro groups is 1. The molecule has 0 bridgehead atoms. The van der Waals surface area contributed by atoms with E-state index in [1.165, 1.54) is 6.20 Å². The molecule has 1 radical (unpaired) electrons. The molecule has 0 N–H and O–H groups in total. The van der Waals surface area contributed by atoms with Gasteiger partial charge in [-0.1, -0.05) is 12.1 Å². The quantitative estimate of drug-likeness (QED) is 0.489. The molecule has 0 unspecified atom stereocenters. The van der Waals surface area contributed by atoms with Crippen LogP contribution in [0.3, 0.4) is 0 Å². The summed E-state index contributed by atoms with van der Waals surface area (Å²) in [5, 5.41) is 11.9. The smallest absolute Gasteiger partial charge is 0.358 e. The van der Waals surface area contributed by atoms with E-state index in [-0.39, 0.29) is 5.82 Å². The normalized spacial score (nSPS) is 10.2. The second-order valence-corrected chi connectivity index (χ2v) is 2.54. The molecule has 0 aliphatic carbocycles. The van der Waals surface area contributed by atoms with E-state index < -0.39 is 4.92 Å². The van der Waals surface area contributed by atoms with Crippen LogP contribution in [0, 0.1) is 16.2 Å². The van der Waals surface area contributed by atoms with Crippen LogP contribution in [0.25, 0.3) is 10.8 Å². The van der Waals surface area contributed by atoms with Gasteiger partial charge in [0.15, 0.2) is 0 Å². The van der Waals surface area contributed by atoms with Gasteiger partial charge in [-0.25, -0.2) is 0 Å². The molecule has 1 aromatic heterocycles. The lowest BCUT2D eigenvalue weighted by molar-refractivity contribution is -0.387. The summed E-state index contributed by atoms with van der Waals surface area (Å²) in [6.07, 6.45) is 1.43. The van der Waals surface area contributed by atoms with Crippen molar-refractivity contribution in [3.8, 4) is 0 Å². The van der Waals surface area contributed by atoms with Gasteiger partial charge in [0.25, 0.3) is 0 Å². The summed E-state index contributed by atoms with van der Waals surface area (Å²) in [5.41, 5.74) is 0. The molecule has 0 aliphatic rings. The molecule has 4 nitrogen and oxygen atoms in total. The highest BCUT2D eigenvalue weighted by atomic mass is 16.6. The SMILES string of the molecule is O=[N+]([O-])c1nccc2cc[c]cc12. The summed E-state index contributed by atoms with van der Waals surface area (Å²) in [6, 6.07) is 9.57. The lowest BCUT2D eigenvalue weighted by Gasteiger charge is -1.96. The van der Waals surface area contributed by atoms with Gasteiger partial charge >= 0.3 is 5.82 Å². The average molecular weight is 173 g/mol. The van der Waals surface area contributed by atoms with Crippen molar-refractivity contribution < 1.29 is 4.92 Å². The minimum absolute atomic E-state index is 0.116. The summed E-state index contributed by atoms with van der Waals surface area (Å²) in [4.78, 5) is 13.7. The summed E-state index contributed by atoms with van der Waals surface area (Å²) >= 11 is 0. The highest BCUT2D eigenvalue weighted by Gasteiger charge is 2.10. The van der Waals surface area contributed by atoms with Crippen LogP contribution >= 0.6 is 0 Å². The van der Waals surface area contributed by atoms with Crippen LogP contribution in [0.1, 0.15) is 0 Å². The Morgan fingerprint density at radius 1 is 1.46 bits per heavy atom. The molecule has 1 heterocycles. The third-order valence-corrected chi connectivity index (χ3v) is 1.76. The van der Waals surface area contributed by atoms with E-state index in [0.29, 0.717) is 5.39 Å². The number of hydrogen-bond acceptors (Lipinski definition) is 3. The third-order valence-electron chi connectivity index (χ3n) is 1.76. The van der Waals surface area contributed by atoms with Gasteiger partial charge < -0.3 is 10.1 Å². The van der Waals surface area contributed by atoms with Crippen LogP contribution in [0.15, 0.2) is 30.5 Å². The molecule has 0 saturated carbocycles. The van der Waals surface area contributed by atoms with Crippen molar-refractivity contribution in [2.45, 2.75) is 0 Å². The maximum atomic E-state index is 10.5. The second kappa shape index (κ2) is 2.82. The number of aromatic nitrogens is 1. The van der Waals surface area contributed by atoms with E-state index in [4.69, 9.17) is 0 Å². The fraction of sp³-hybridized carbons (Fsp3) is 0. The van der Waals surface area contributed by atoms with E-state index >= 15 is 0 Å². The zero-order valence-electron chi connectivity index (χ0n) is 6.60. The van der Waals surface area contributed by atoms with Crippen molar-refractivity contribution in [3.63, 3.8) is 0 Å². The number of hydrogen-bond donors (Lipinski definition) is 0. The Hall–Kier alpha value is -1.97. The first-order valence-corrected chi connectivity index (χ1v) is 3.68. The van der Waals surface area contributed by atoms with Crippen LogP contribution in [0.4, 0.5) is 5.82 Å². The highest BCUT2D eigenvalue weighted by molar-refractivity contribution is 5.88. The molecule has 0 amide bonds. The first kappa shape index (κ1) is 7.67. The number of pyridine rings is 1. The van der Waals surface area contributed by atoms with Crippen molar-refractivity contribution in [2.75, 3.05) is 0 Å². The topological polar surface area (TPSA) is 56.0 Å². The Labute approximate surface area is 74.0 Å². The largest absolute Gasteiger partial charge is 0.371 e. The molecule has 2 aromatic rings. The number of benzene rings is 1. The molecule has 0 aliphatic heterocycles. The molecule has 0 atom stereocenters. The molecule has 0 spiro atoms. The Kier molecular flexibility index (Phi) is 1.66. The molecule has 0 fully saturated rings. The maximum absolute atomic E-state index is 10.5. The first-order valence-electron chi connectivity index (χ1n) is 3.68. The van der Waals surface area contributed by atoms with Gasteiger partial charge in [-0.05, 0) is 33.5 Å². The van der Waals surface area contributed by atoms with E-state index in [2.05, 4.69) is 11.1 Å². The van der Waals surface area contributed by atoms with Crippen LogP contribution in [-0.4, -0.2) is 9.91 Å². The Morgan fingerprint density at radius 2 is 2.31 bits per heavy atom. The summed E-state index contributed by atoms with van der Waals surface area (Å²) in [5.74, 6) is -0.116. The van der Waals surface area contributed by atoms with Gasteiger partial charge in [0.05, 0.1) is 5.39 Å². The van der Waals surface area contributed by atoms with Crippen molar-refractivity contribution >= 4 is 16.6 Å². The molecule has 63 valence electrons. The van der Waals surface area contributed by atoms with Gasteiger partial charge in [-0.3, -0.25) is 0 Å². The molecular formula is C9H5N2O2. The lowest BCUT2D eigenvalue weighted by Crippen LogP contribution is -1.92. The number of rotatable bonds is 1. The van der Waals surface area contributed by atoms with E-state index in [1.54, 1.807) is 24.3 Å². The monoisotopic (exact) mass is 173 g/mol. The molecular weight excluding hydrogens is 168 g/mol. The Morgan fingerprint density at radius 3 is 3.08 bits per heavy atom. The predicted molar refractivity (Wildman–Crippen MR) is 47.2 cm³/mol. The first-order chi connectivity index (χ1) is 6.29. The van der Waals surface area contributed by atoms with Gasteiger partial charge in [0.1, 0.15) is 6.20 Å². The molecule has 0 saturated heterocycles. The summed E-state index contributed by atoms with van der Waals surface area (Å²) < 4.78 is 0. The molecule has 4 heteroatoms. The van der Waals surface area contributed by atoms with Crippen molar-refractivity contribution in [1.82, 2.24) is 4.98 Å². The number of nitrogens with zero attached hydrogens (tertiary/aromatic N) is 2. The minimum atomic E-state index is -0.490. The van der Waals surface area contributed by atoms with Gasteiger partial charge in [0, 0.05) is 0 Å². The average Bonchev–Trinajstić information content (AvgIpc) is 2.17. The predicted octanol–water partition coefficient (Wildman–Crippen LogP) is 1.94. The highest BCUT2D eigenvalue weighted by Crippen LogP contribution is 2.21. The lowest BCUT2D eigenvalue weighted by atomic mass is 10.2. The minimum Gasteiger partial charge on any atom is -0.358 e. The van der Waals surface area contributed by atoms with Crippen LogP contribution in [0.2, 0.25) is 0 Å². The van der Waals surface area contributed by atoms with Gasteiger partial charge in [0.2, 0.25) is 0 Å². The van der Waals surface area contributed by atoms with Crippen LogP contribution < -0.4 is 0 Å². The maximum Gasteiger partial charge on any atom is 0.371 e. The standard InChI is InChI=1S/C9H5N2O2/c12-11(13)9-8-4-2-1-3-7(8)5-6-10-9/h1,3-6H. The Bertz CT molecular complexity index is 463. The number of fused-ring (bicyclic) bond motifs is 1. The summed E-state index contributed by atoms with van der Waals surface area (Å²) in [7, 11) is 0. The van der Waals surface area contributed by atoms with Crippen molar-refractivity contribution in [1.29, 1.82) is 0 Å². The van der Waals surface area contributed by atoms with Crippen LogP contribution in [-0.2, 0) is 0 Å². The van der Waals surface area contributed by atoms with Crippen molar-refractivity contribution in [2.24, 2.45) is 0 Å². The zero-order valence-corrected chi connectivity index (χ0v) is 6.60. The zero-order chi connectivity index (χ0) is 9.26. The fourth-order valence-electron chi connectivity index (χ4n) is 1.18. The third kappa shape index (κ3) is 1.22.